The number of amides is 1. The van der Waals surface area contributed by atoms with Gasteiger partial charge in [-0.3, -0.25) is 4.79 Å². The molecule has 1 unspecified atom stereocenters. The van der Waals surface area contributed by atoms with Crippen LogP contribution in [-0.4, -0.2) is 48.7 Å². The molecule has 0 bridgehead atoms. The lowest BCUT2D eigenvalue weighted by molar-refractivity contribution is 0.0932. The van der Waals surface area contributed by atoms with E-state index in [1.165, 1.54) is 0 Å². The molecule has 0 aliphatic heterocycles. The van der Waals surface area contributed by atoms with Gasteiger partial charge in [-0.1, -0.05) is 13.0 Å². The summed E-state index contributed by atoms with van der Waals surface area (Å²) in [5, 5.41) is 13.7. The number of aromatic hydroxyl groups is 1. The van der Waals surface area contributed by atoms with E-state index in [2.05, 4.69) is 25.3 Å². The van der Waals surface area contributed by atoms with Crippen molar-refractivity contribution in [3.05, 3.63) is 79.0 Å². The molecule has 5 aromatic rings. The quantitative estimate of drug-likeness (QED) is 0.302. The van der Waals surface area contributed by atoms with Crippen molar-refractivity contribution >= 4 is 16.9 Å². The first-order valence-corrected chi connectivity index (χ1v) is 11.6. The van der Waals surface area contributed by atoms with Gasteiger partial charge in [0.05, 0.1) is 30.0 Å². The Bertz CT molecular complexity index is 1510. The van der Waals surface area contributed by atoms with Gasteiger partial charge in [-0.15, -0.1) is 0 Å². The number of aromatic nitrogens is 5. The Hall–Kier alpha value is -4.66. The van der Waals surface area contributed by atoms with Crippen molar-refractivity contribution in [1.82, 2.24) is 29.8 Å². The Morgan fingerprint density at radius 3 is 2.83 bits per heavy atom. The number of nitrogens with zero attached hydrogens (tertiary/aromatic N) is 4. The van der Waals surface area contributed by atoms with Crippen LogP contribution in [0.4, 0.5) is 0 Å². The molecule has 9 nitrogen and oxygen atoms in total. The molecule has 1 atom stereocenters. The number of hydrogen-bond donors (Lipinski definition) is 3. The largest absolute Gasteiger partial charge is 0.507 e. The van der Waals surface area contributed by atoms with Crippen molar-refractivity contribution in [2.45, 2.75) is 25.9 Å². The van der Waals surface area contributed by atoms with E-state index in [-0.39, 0.29) is 17.7 Å². The van der Waals surface area contributed by atoms with Crippen molar-refractivity contribution in [3.63, 3.8) is 0 Å². The number of H-pyrrole nitrogens is 1. The van der Waals surface area contributed by atoms with E-state index in [1.807, 2.05) is 42.0 Å². The standard InChI is InChI=1S/C27H26N6O3/c1-3-19(15-33-12-11-28-16-33)30-26(35)18-6-8-22-23(14-18)32-25(31-22)21-13-17(7-9-24(21)34)20-5-4-10-29-27(20)36-2/h4-14,16,19,34H,3,15H2,1-2H3,(H,30,35)(H,31,32). The normalized spacial score (nSPS) is 11.9. The molecule has 0 spiro atoms. The van der Waals surface area contributed by atoms with Crippen LogP contribution in [0.5, 0.6) is 11.6 Å². The minimum absolute atomic E-state index is 0.0266. The van der Waals surface area contributed by atoms with E-state index < -0.39 is 0 Å². The monoisotopic (exact) mass is 482 g/mol. The van der Waals surface area contributed by atoms with Crippen LogP contribution in [-0.2, 0) is 6.54 Å². The van der Waals surface area contributed by atoms with Crippen molar-refractivity contribution in [3.8, 4) is 34.1 Å². The number of fused-ring (bicyclic) bond motifs is 1. The maximum absolute atomic E-state index is 12.9. The Kier molecular flexibility index (Phi) is 6.36. The highest BCUT2D eigenvalue weighted by Crippen LogP contribution is 2.35. The average Bonchev–Trinajstić information content (AvgIpc) is 3.57. The highest BCUT2D eigenvalue weighted by molar-refractivity contribution is 5.98. The number of hydrogen-bond acceptors (Lipinski definition) is 6. The van der Waals surface area contributed by atoms with Crippen LogP contribution in [0.3, 0.4) is 0 Å². The number of imidazole rings is 2. The van der Waals surface area contributed by atoms with E-state index >= 15 is 0 Å². The summed E-state index contributed by atoms with van der Waals surface area (Å²) in [7, 11) is 1.57. The van der Waals surface area contributed by atoms with E-state index in [0.717, 1.165) is 23.1 Å². The van der Waals surface area contributed by atoms with Crippen molar-refractivity contribution in [2.24, 2.45) is 0 Å². The zero-order valence-electron chi connectivity index (χ0n) is 20.0. The van der Waals surface area contributed by atoms with Gasteiger partial charge in [0.2, 0.25) is 5.88 Å². The molecule has 0 saturated heterocycles. The van der Waals surface area contributed by atoms with Crippen LogP contribution < -0.4 is 10.1 Å². The second kappa shape index (κ2) is 9.91. The Morgan fingerprint density at radius 1 is 1.17 bits per heavy atom. The molecule has 5 rings (SSSR count). The predicted octanol–water partition coefficient (Wildman–Crippen LogP) is 4.41. The number of aromatic amines is 1. The topological polar surface area (TPSA) is 118 Å². The summed E-state index contributed by atoms with van der Waals surface area (Å²) in [5.74, 6) is 0.912. The summed E-state index contributed by atoms with van der Waals surface area (Å²) >= 11 is 0. The van der Waals surface area contributed by atoms with Gasteiger partial charge in [-0.05, 0) is 54.4 Å². The first-order chi connectivity index (χ1) is 17.6. The summed E-state index contributed by atoms with van der Waals surface area (Å²) in [6.45, 7) is 2.68. The number of rotatable bonds is 8. The number of pyridine rings is 1. The van der Waals surface area contributed by atoms with Crippen LogP contribution >= 0.6 is 0 Å². The molecule has 0 fully saturated rings. The zero-order valence-corrected chi connectivity index (χ0v) is 20.0. The third-order valence-corrected chi connectivity index (χ3v) is 6.09. The number of benzene rings is 2. The van der Waals surface area contributed by atoms with Gasteiger partial charge in [-0.25, -0.2) is 15.0 Å². The predicted molar refractivity (Wildman–Crippen MR) is 137 cm³/mol. The molecule has 3 aromatic heterocycles. The number of ether oxygens (including phenoxy) is 1. The van der Waals surface area contributed by atoms with Crippen LogP contribution in [0.1, 0.15) is 23.7 Å². The van der Waals surface area contributed by atoms with Gasteiger partial charge in [0.15, 0.2) is 0 Å². The number of phenols is 1. The van der Waals surface area contributed by atoms with E-state index in [1.54, 1.807) is 50.1 Å². The van der Waals surface area contributed by atoms with E-state index in [0.29, 0.717) is 34.9 Å². The van der Waals surface area contributed by atoms with Crippen molar-refractivity contribution in [2.75, 3.05) is 7.11 Å². The molecule has 182 valence electrons. The molecule has 0 aliphatic carbocycles. The Labute approximate surface area is 207 Å². The van der Waals surface area contributed by atoms with Gasteiger partial charge in [0.25, 0.3) is 5.91 Å². The van der Waals surface area contributed by atoms with Crippen LogP contribution in [0, 0.1) is 0 Å². The molecule has 0 aliphatic rings. The van der Waals surface area contributed by atoms with Crippen LogP contribution in [0.25, 0.3) is 33.5 Å². The lowest BCUT2D eigenvalue weighted by Gasteiger charge is -2.17. The van der Waals surface area contributed by atoms with Gasteiger partial charge in [0, 0.05) is 42.3 Å². The minimum Gasteiger partial charge on any atom is -0.507 e. The fourth-order valence-corrected chi connectivity index (χ4v) is 4.14. The summed E-state index contributed by atoms with van der Waals surface area (Å²) < 4.78 is 7.33. The SMILES string of the molecule is CCC(Cn1ccnc1)NC(=O)c1ccc2[nH]c(-c3cc(-c4cccnc4OC)ccc3O)nc2c1. The molecular formula is C27H26N6O3. The summed E-state index contributed by atoms with van der Waals surface area (Å²) in [6.07, 6.45) is 7.79. The molecule has 3 N–H and O–H groups in total. The average molecular weight is 483 g/mol. The van der Waals surface area contributed by atoms with Gasteiger partial charge in [0.1, 0.15) is 11.6 Å². The Morgan fingerprint density at radius 2 is 2.06 bits per heavy atom. The number of carbonyl (C=O) groups excluding carboxylic acids is 1. The molecule has 0 saturated carbocycles. The van der Waals surface area contributed by atoms with Crippen LogP contribution in [0.15, 0.2) is 73.4 Å². The summed E-state index contributed by atoms with van der Waals surface area (Å²) in [5.41, 5.74) is 4.07. The summed E-state index contributed by atoms with van der Waals surface area (Å²) in [6, 6.07) is 14.3. The molecule has 36 heavy (non-hydrogen) atoms. The molecular weight excluding hydrogens is 456 g/mol. The molecule has 3 heterocycles. The van der Waals surface area contributed by atoms with Gasteiger partial charge < -0.3 is 24.7 Å². The third-order valence-electron chi connectivity index (χ3n) is 6.09. The second-order valence-electron chi connectivity index (χ2n) is 8.45. The first-order valence-electron chi connectivity index (χ1n) is 11.6. The first kappa shape index (κ1) is 23.1. The molecule has 0 radical (unpaired) electrons. The van der Waals surface area contributed by atoms with Gasteiger partial charge in [-0.2, -0.15) is 0 Å². The lowest BCUT2D eigenvalue weighted by atomic mass is 10.0. The highest BCUT2D eigenvalue weighted by Gasteiger charge is 2.17. The number of phenolic OH excluding ortho intramolecular Hbond substituents is 1. The highest BCUT2D eigenvalue weighted by atomic mass is 16.5. The fourth-order valence-electron chi connectivity index (χ4n) is 4.14. The third kappa shape index (κ3) is 4.63. The number of methoxy groups -OCH3 is 1. The molecule has 9 heteroatoms. The maximum atomic E-state index is 12.9. The van der Waals surface area contributed by atoms with Crippen molar-refractivity contribution < 1.29 is 14.6 Å². The fraction of sp³-hybridized carbons (Fsp3) is 0.185. The smallest absolute Gasteiger partial charge is 0.251 e. The minimum atomic E-state index is -0.165. The molecule has 1 amide bonds. The van der Waals surface area contributed by atoms with Crippen LogP contribution in [0.2, 0.25) is 0 Å². The molecule has 2 aromatic carbocycles. The summed E-state index contributed by atoms with van der Waals surface area (Å²) in [4.78, 5) is 29.2. The van der Waals surface area contributed by atoms with Crippen molar-refractivity contribution in [1.29, 1.82) is 0 Å². The van der Waals surface area contributed by atoms with E-state index in [9.17, 15) is 9.90 Å². The number of carbonyl (C=O) groups is 1. The number of nitrogens with one attached hydrogen (secondary N) is 2. The second-order valence-corrected chi connectivity index (χ2v) is 8.45. The zero-order chi connectivity index (χ0) is 25.1. The lowest BCUT2D eigenvalue weighted by Crippen LogP contribution is -2.37. The Balaban J connectivity index is 1.42. The van der Waals surface area contributed by atoms with E-state index in [4.69, 9.17) is 4.74 Å². The maximum Gasteiger partial charge on any atom is 0.251 e. The van der Waals surface area contributed by atoms with Gasteiger partial charge >= 0.3 is 0 Å².